The van der Waals surface area contributed by atoms with E-state index < -0.39 is 0 Å². The quantitative estimate of drug-likeness (QED) is 0.410. The Labute approximate surface area is 163 Å². The normalized spacial score (nSPS) is 29.5. The molecule has 1 aliphatic heterocycles. The Hall–Kier alpha value is -2.74. The predicted molar refractivity (Wildman–Crippen MR) is 115 cm³/mol. The van der Waals surface area contributed by atoms with Crippen LogP contribution < -0.4 is 0 Å². The van der Waals surface area contributed by atoms with Crippen molar-refractivity contribution in [3.63, 3.8) is 0 Å². The molecular weight excluding hydrogens is 330 g/mol. The van der Waals surface area contributed by atoms with Crippen molar-refractivity contribution in [2.75, 3.05) is 0 Å². The first-order chi connectivity index (χ1) is 13.2. The predicted octanol–water partition coefficient (Wildman–Crippen LogP) is 5.64. The third-order valence-electron chi connectivity index (χ3n) is 5.39. The van der Waals surface area contributed by atoms with Crippen molar-refractivity contribution in [1.82, 2.24) is 4.90 Å². The molecule has 140 valence electrons. The first-order valence-electron chi connectivity index (χ1n) is 9.61. The van der Waals surface area contributed by atoms with E-state index >= 15 is 0 Å². The summed E-state index contributed by atoms with van der Waals surface area (Å²) in [6.45, 7) is 14.0. The average molecular weight is 360 g/mol. The summed E-state index contributed by atoms with van der Waals surface area (Å²) in [6.07, 6.45) is 28.3. The minimum Gasteiger partial charge on any atom is -0.493 e. The summed E-state index contributed by atoms with van der Waals surface area (Å²) in [7, 11) is 0. The maximum atomic E-state index is 5.83. The molecule has 0 amide bonds. The Balaban J connectivity index is 1.93. The fraction of sp³-hybridized carbons (Fsp3) is 0.280. The Morgan fingerprint density at radius 1 is 1.19 bits per heavy atom. The Bertz CT molecular complexity index is 761. The molecule has 3 aliphatic rings. The van der Waals surface area contributed by atoms with E-state index in [0.717, 1.165) is 6.42 Å². The van der Waals surface area contributed by atoms with Gasteiger partial charge in [-0.15, -0.1) is 13.2 Å². The third kappa shape index (κ3) is 4.00. The van der Waals surface area contributed by atoms with E-state index in [9.17, 15) is 0 Å². The molecule has 2 heteroatoms. The van der Waals surface area contributed by atoms with Gasteiger partial charge in [0, 0.05) is 23.6 Å². The first kappa shape index (κ1) is 19.0. The maximum absolute atomic E-state index is 5.83. The Morgan fingerprint density at radius 2 is 2.00 bits per heavy atom. The number of allylic oxidation sites excluding steroid dienone is 7. The van der Waals surface area contributed by atoms with Gasteiger partial charge in [-0.2, -0.15) is 0 Å². The van der Waals surface area contributed by atoms with Crippen molar-refractivity contribution >= 4 is 0 Å². The molecule has 2 aliphatic carbocycles. The highest BCUT2D eigenvalue weighted by atomic mass is 16.5. The SMILES string of the molecule is C=C/C=C\C1=COC2C=CC(N(C(C)C=C)C3C=CC=CC3CC=C)=CC12. The number of nitrogens with zero attached hydrogens (tertiary/aromatic N) is 1. The van der Waals surface area contributed by atoms with Crippen LogP contribution in [0.2, 0.25) is 0 Å². The van der Waals surface area contributed by atoms with Crippen LogP contribution in [0.4, 0.5) is 0 Å². The summed E-state index contributed by atoms with van der Waals surface area (Å²) in [5.74, 6) is 0.624. The lowest BCUT2D eigenvalue weighted by atomic mass is 9.86. The maximum Gasteiger partial charge on any atom is 0.127 e. The Morgan fingerprint density at radius 3 is 2.74 bits per heavy atom. The summed E-state index contributed by atoms with van der Waals surface area (Å²) in [6, 6.07) is 0.483. The van der Waals surface area contributed by atoms with Crippen molar-refractivity contribution in [1.29, 1.82) is 0 Å². The van der Waals surface area contributed by atoms with E-state index in [0.29, 0.717) is 5.92 Å². The molecule has 0 spiro atoms. The second-order valence-corrected chi connectivity index (χ2v) is 7.12. The van der Waals surface area contributed by atoms with Crippen LogP contribution in [0.3, 0.4) is 0 Å². The minimum absolute atomic E-state index is 0.0740. The smallest absolute Gasteiger partial charge is 0.127 e. The number of hydrogen-bond donors (Lipinski definition) is 0. The molecule has 0 aromatic rings. The van der Waals surface area contributed by atoms with Gasteiger partial charge >= 0.3 is 0 Å². The molecule has 1 heterocycles. The molecule has 0 fully saturated rings. The van der Waals surface area contributed by atoms with E-state index in [-0.39, 0.29) is 24.1 Å². The van der Waals surface area contributed by atoms with E-state index in [1.807, 2.05) is 24.5 Å². The van der Waals surface area contributed by atoms with Crippen LogP contribution in [-0.4, -0.2) is 23.1 Å². The highest BCUT2D eigenvalue weighted by molar-refractivity contribution is 5.40. The second-order valence-electron chi connectivity index (χ2n) is 7.12. The molecular formula is C25H29NO. The van der Waals surface area contributed by atoms with Crippen molar-refractivity contribution in [3.05, 3.63) is 110 Å². The van der Waals surface area contributed by atoms with Gasteiger partial charge in [0.15, 0.2) is 0 Å². The lowest BCUT2D eigenvalue weighted by Crippen LogP contribution is -2.44. The zero-order valence-electron chi connectivity index (χ0n) is 16.1. The van der Waals surface area contributed by atoms with E-state index in [4.69, 9.17) is 4.74 Å². The van der Waals surface area contributed by atoms with E-state index in [1.54, 1.807) is 6.08 Å². The third-order valence-corrected chi connectivity index (χ3v) is 5.39. The van der Waals surface area contributed by atoms with Gasteiger partial charge in [-0.25, -0.2) is 0 Å². The number of hydrogen-bond acceptors (Lipinski definition) is 2. The average Bonchev–Trinajstić information content (AvgIpc) is 3.10. The molecule has 3 rings (SSSR count). The lowest BCUT2D eigenvalue weighted by molar-refractivity contribution is 0.182. The van der Waals surface area contributed by atoms with Crippen molar-refractivity contribution < 1.29 is 4.74 Å². The number of rotatable bonds is 8. The summed E-state index contributed by atoms with van der Waals surface area (Å²) in [5.41, 5.74) is 2.39. The van der Waals surface area contributed by atoms with Gasteiger partial charge < -0.3 is 9.64 Å². The molecule has 2 nitrogen and oxygen atoms in total. The topological polar surface area (TPSA) is 12.5 Å². The molecule has 0 aromatic carbocycles. The second kappa shape index (κ2) is 8.77. The molecule has 0 saturated heterocycles. The molecule has 5 unspecified atom stereocenters. The van der Waals surface area contributed by atoms with Crippen molar-refractivity contribution in [3.8, 4) is 0 Å². The van der Waals surface area contributed by atoms with Crippen LogP contribution in [0.5, 0.6) is 0 Å². The highest BCUT2D eigenvalue weighted by Gasteiger charge is 2.34. The van der Waals surface area contributed by atoms with Crippen LogP contribution in [0.1, 0.15) is 13.3 Å². The lowest BCUT2D eigenvalue weighted by Gasteiger charge is -2.42. The largest absolute Gasteiger partial charge is 0.493 e. The van der Waals surface area contributed by atoms with Crippen molar-refractivity contribution in [2.45, 2.75) is 31.5 Å². The van der Waals surface area contributed by atoms with Crippen LogP contribution in [0.15, 0.2) is 110 Å². The van der Waals surface area contributed by atoms with E-state index in [1.165, 1.54) is 11.3 Å². The Kier molecular flexibility index (Phi) is 6.18. The molecule has 0 aromatic heterocycles. The summed E-state index contributed by atoms with van der Waals surface area (Å²) >= 11 is 0. The molecule has 5 atom stereocenters. The van der Waals surface area contributed by atoms with Gasteiger partial charge in [-0.3, -0.25) is 0 Å². The van der Waals surface area contributed by atoms with Crippen LogP contribution in [-0.2, 0) is 4.74 Å². The van der Waals surface area contributed by atoms with E-state index in [2.05, 4.69) is 80.2 Å². The fourth-order valence-corrected chi connectivity index (χ4v) is 3.94. The van der Waals surface area contributed by atoms with Gasteiger partial charge in [0.25, 0.3) is 0 Å². The first-order valence-corrected chi connectivity index (χ1v) is 9.61. The van der Waals surface area contributed by atoms with Crippen LogP contribution in [0, 0.1) is 11.8 Å². The van der Waals surface area contributed by atoms with Crippen LogP contribution >= 0.6 is 0 Å². The van der Waals surface area contributed by atoms with Gasteiger partial charge in [-0.05, 0) is 37.1 Å². The monoisotopic (exact) mass is 359 g/mol. The zero-order valence-corrected chi connectivity index (χ0v) is 16.1. The summed E-state index contributed by atoms with van der Waals surface area (Å²) < 4.78 is 5.83. The minimum atomic E-state index is 0.0740. The molecule has 0 N–H and O–H groups in total. The van der Waals surface area contributed by atoms with Crippen LogP contribution in [0.25, 0.3) is 0 Å². The van der Waals surface area contributed by atoms with Gasteiger partial charge in [-0.1, -0.05) is 61.3 Å². The summed E-state index contributed by atoms with van der Waals surface area (Å²) in [5, 5.41) is 0. The fourth-order valence-electron chi connectivity index (χ4n) is 3.94. The van der Waals surface area contributed by atoms with Gasteiger partial charge in [0.1, 0.15) is 6.10 Å². The molecule has 27 heavy (non-hydrogen) atoms. The molecule has 0 saturated carbocycles. The molecule has 0 radical (unpaired) electrons. The highest BCUT2D eigenvalue weighted by Crippen LogP contribution is 2.36. The van der Waals surface area contributed by atoms with Gasteiger partial charge in [0.05, 0.1) is 12.3 Å². The zero-order chi connectivity index (χ0) is 19.2. The number of ether oxygens (including phenoxy) is 1. The molecule has 0 bridgehead atoms. The van der Waals surface area contributed by atoms with Gasteiger partial charge in [0.2, 0.25) is 0 Å². The number of fused-ring (bicyclic) bond motifs is 1. The van der Waals surface area contributed by atoms with Crippen molar-refractivity contribution in [2.24, 2.45) is 11.8 Å². The standard InChI is InChI=1S/C25H29NO/c1-5-8-12-21-18-27-25-16-15-22(17-23(21)25)26(19(4)7-3)24-14-10-9-13-20(24)11-6-2/h5-10,12-20,23-25H,1-3,11H2,4H3/b12-8-. The summed E-state index contributed by atoms with van der Waals surface area (Å²) in [4.78, 5) is 2.46.